The Hall–Kier alpha value is -6.88. The van der Waals surface area contributed by atoms with Crippen molar-refractivity contribution in [3.05, 3.63) is 139 Å². The number of nitrogens with zero attached hydrogens (tertiary/aromatic N) is 9. The summed E-state index contributed by atoms with van der Waals surface area (Å²) in [6.07, 6.45) is 7.71. The van der Waals surface area contributed by atoms with Gasteiger partial charge in [-0.05, 0) is 118 Å². The van der Waals surface area contributed by atoms with Crippen LogP contribution in [0.2, 0.25) is 0 Å². The lowest BCUT2D eigenvalue weighted by Gasteiger charge is -2.35. The van der Waals surface area contributed by atoms with E-state index in [4.69, 9.17) is 14.4 Å². The second kappa shape index (κ2) is 13.6. The second-order valence-electron chi connectivity index (χ2n) is 19.0. The van der Waals surface area contributed by atoms with E-state index in [1.165, 1.54) is 21.5 Å². The molecule has 4 aliphatic rings. The topological polar surface area (TPSA) is 156 Å². The molecule has 0 unspecified atom stereocenters. The van der Waals surface area contributed by atoms with Crippen molar-refractivity contribution in [1.29, 1.82) is 0 Å². The molecule has 8 heterocycles. The maximum atomic E-state index is 16.2. The average Bonchev–Trinajstić information content (AvgIpc) is 4.05. The van der Waals surface area contributed by atoms with E-state index < -0.39 is 28.8 Å². The van der Waals surface area contributed by atoms with Gasteiger partial charge in [-0.15, -0.1) is 0 Å². The predicted molar refractivity (Wildman–Crippen MR) is 235 cm³/mol. The zero-order valence-electron chi connectivity index (χ0n) is 36.7. The lowest BCUT2D eigenvalue weighted by atomic mass is 9.84. The van der Waals surface area contributed by atoms with Gasteiger partial charge in [0.05, 0.1) is 45.8 Å². The number of aromatic amines is 1. The van der Waals surface area contributed by atoms with Gasteiger partial charge in [0.1, 0.15) is 22.9 Å². The Morgan fingerprint density at radius 1 is 0.938 bits per heavy atom. The lowest BCUT2D eigenvalue weighted by Crippen LogP contribution is -2.43. The molecule has 5 aromatic heterocycles. The van der Waals surface area contributed by atoms with Gasteiger partial charge in [-0.2, -0.15) is 10.2 Å². The molecule has 15 nitrogen and oxygen atoms in total. The van der Waals surface area contributed by atoms with Crippen LogP contribution in [0.5, 0.6) is 0 Å². The number of halogens is 2. The average molecular weight is 881 g/mol. The normalized spacial score (nSPS) is 23.3. The van der Waals surface area contributed by atoms with Gasteiger partial charge in [0.2, 0.25) is 0 Å². The Morgan fingerprint density at radius 2 is 1.69 bits per heavy atom. The molecule has 17 heteroatoms. The summed E-state index contributed by atoms with van der Waals surface area (Å²) in [5.41, 5.74) is 4.03. The van der Waals surface area contributed by atoms with Gasteiger partial charge in [0.25, 0.3) is 5.91 Å². The smallest absolute Gasteiger partial charge is 0.375 e. The molecule has 2 saturated heterocycles. The zero-order chi connectivity index (χ0) is 45.0. The maximum absolute atomic E-state index is 16.2. The van der Waals surface area contributed by atoms with Gasteiger partial charge in [-0.1, -0.05) is 18.1 Å². The molecule has 3 aliphatic heterocycles. The standard InChI is InChI=1S/C48H46F2N10O5/c1-24-17-30(18-25(2)40(24)49)60-42(57-15-14-56(46(57)63)37-12-11-35-31(41(37)50)23-51-55(35)6)39-33(53-60)21-29-8-10-36(39)58(29)43(61)38-20-28-19-27(32-13-16-64-47(32,4)5)7-9-34(28)59(38)48(22-26(48)3)44-52-45(62)65-54-44/h7,9,11-12,14-15,17-20,23,26,29,32,36H,8,10,13,16,21-22H2,1-6H3,(H,52,54,62)/t26-,29+,32+,36-,48-/m0/s1. The summed E-state index contributed by atoms with van der Waals surface area (Å²) in [5, 5.41) is 14.7. The van der Waals surface area contributed by atoms with Gasteiger partial charge in [-0.25, -0.2) is 23.1 Å². The first-order valence-corrected chi connectivity index (χ1v) is 22.1. The van der Waals surface area contributed by atoms with Crippen LogP contribution in [-0.4, -0.2) is 72.5 Å². The van der Waals surface area contributed by atoms with Crippen molar-refractivity contribution in [2.75, 3.05) is 6.61 Å². The molecule has 3 fully saturated rings. The number of rotatable bonds is 7. The van der Waals surface area contributed by atoms with Crippen molar-refractivity contribution in [3.8, 4) is 17.2 Å². The van der Waals surface area contributed by atoms with E-state index in [0.29, 0.717) is 77.5 Å². The number of aromatic nitrogens is 9. The summed E-state index contributed by atoms with van der Waals surface area (Å²) in [6, 6.07) is 14.2. The van der Waals surface area contributed by atoms with Gasteiger partial charge in [0, 0.05) is 60.9 Å². The van der Waals surface area contributed by atoms with Gasteiger partial charge in [0.15, 0.2) is 11.6 Å². The molecule has 8 aromatic rings. The van der Waals surface area contributed by atoms with E-state index in [2.05, 4.69) is 54.2 Å². The van der Waals surface area contributed by atoms with Crippen LogP contribution in [0.25, 0.3) is 39.0 Å². The van der Waals surface area contributed by atoms with E-state index in [0.717, 1.165) is 28.6 Å². The molecule has 65 heavy (non-hydrogen) atoms. The number of ether oxygens (including phenoxy) is 1. The second-order valence-corrected chi connectivity index (χ2v) is 19.0. The van der Waals surface area contributed by atoms with E-state index in [1.54, 1.807) is 60.7 Å². The van der Waals surface area contributed by atoms with E-state index in [-0.39, 0.29) is 46.3 Å². The molecule has 12 rings (SSSR count). The van der Waals surface area contributed by atoms with Crippen LogP contribution in [0.15, 0.2) is 81.2 Å². The minimum absolute atomic E-state index is 0.00370. The number of carbonyl (C=O) groups is 1. The summed E-state index contributed by atoms with van der Waals surface area (Å²) < 4.78 is 50.5. The molecule has 332 valence electrons. The van der Waals surface area contributed by atoms with Crippen molar-refractivity contribution in [2.24, 2.45) is 13.0 Å². The fourth-order valence-electron chi connectivity index (χ4n) is 11.6. The largest absolute Gasteiger partial charge is 0.438 e. The van der Waals surface area contributed by atoms with Crippen molar-refractivity contribution < 1.29 is 22.8 Å². The zero-order valence-corrected chi connectivity index (χ0v) is 36.7. The quantitative estimate of drug-likeness (QED) is 0.176. The molecular weight excluding hydrogens is 835 g/mol. The first-order chi connectivity index (χ1) is 31.2. The van der Waals surface area contributed by atoms with Crippen molar-refractivity contribution in [3.63, 3.8) is 0 Å². The van der Waals surface area contributed by atoms with Crippen molar-refractivity contribution >= 4 is 27.7 Å². The first kappa shape index (κ1) is 39.7. The van der Waals surface area contributed by atoms with Gasteiger partial charge >= 0.3 is 11.4 Å². The Kier molecular flexibility index (Phi) is 8.29. The number of fused-ring (bicyclic) bond motifs is 6. The number of amides is 1. The summed E-state index contributed by atoms with van der Waals surface area (Å²) in [5.74, 6) is -0.906. The van der Waals surface area contributed by atoms with E-state index in [9.17, 15) is 9.59 Å². The number of benzene rings is 3. The van der Waals surface area contributed by atoms with Crippen molar-refractivity contribution in [1.82, 2.24) is 48.3 Å². The van der Waals surface area contributed by atoms with Crippen LogP contribution in [-0.2, 0) is 23.7 Å². The third kappa shape index (κ3) is 5.53. The van der Waals surface area contributed by atoms with Crippen LogP contribution < -0.4 is 11.4 Å². The number of hydrogen-bond donors (Lipinski definition) is 1. The molecular formula is C48H46F2N10O5. The fourth-order valence-corrected chi connectivity index (χ4v) is 11.6. The maximum Gasteiger partial charge on any atom is 0.438 e. The molecule has 0 spiro atoms. The highest BCUT2D eigenvalue weighted by Gasteiger charge is 2.60. The number of H-pyrrole nitrogens is 1. The van der Waals surface area contributed by atoms with Crippen LogP contribution >= 0.6 is 0 Å². The minimum Gasteiger partial charge on any atom is -0.375 e. The number of nitrogens with one attached hydrogen (secondary N) is 1. The molecule has 3 aromatic carbocycles. The Morgan fingerprint density at radius 3 is 2.40 bits per heavy atom. The van der Waals surface area contributed by atoms with Crippen LogP contribution in [0.1, 0.15) is 103 Å². The highest BCUT2D eigenvalue weighted by molar-refractivity contribution is 6.00. The van der Waals surface area contributed by atoms with Crippen LogP contribution in [0.3, 0.4) is 0 Å². The molecule has 1 N–H and O–H groups in total. The third-order valence-corrected chi connectivity index (χ3v) is 14.9. The van der Waals surface area contributed by atoms with Gasteiger partial charge < -0.3 is 14.2 Å². The van der Waals surface area contributed by atoms with Crippen LogP contribution in [0, 0.1) is 31.4 Å². The summed E-state index contributed by atoms with van der Waals surface area (Å²) in [6.45, 7) is 10.3. The minimum atomic E-state index is -0.852. The monoisotopic (exact) mass is 880 g/mol. The van der Waals surface area contributed by atoms with Crippen LogP contribution in [0.4, 0.5) is 8.78 Å². The van der Waals surface area contributed by atoms with Gasteiger partial charge in [-0.3, -0.25) is 28.1 Å². The SMILES string of the molecule is Cc1cc(-n2nc3c(c2-n2ccn(-c4ccc5c(cnn5C)c4F)c2=O)[C@@H]2CC[C@H](C3)N2C(=O)c2cc3cc([C@H]4CCOC4(C)C)ccc3n2[C@@]2(c3noc(=O)[nH]3)C[C@@H]2C)cc(C)c1F. The summed E-state index contributed by atoms with van der Waals surface area (Å²) in [7, 11) is 1.72. The number of aryl methyl sites for hydroxylation is 3. The number of carbonyl (C=O) groups excluding carboxylic acids is 1. The lowest BCUT2D eigenvalue weighted by molar-refractivity contribution is 0.0271. The van der Waals surface area contributed by atoms with Crippen molar-refractivity contribution in [2.45, 2.75) is 95.9 Å². The highest BCUT2D eigenvalue weighted by Crippen LogP contribution is 2.57. The molecule has 1 saturated carbocycles. The Bertz CT molecular complexity index is 3430. The van der Waals surface area contributed by atoms with E-state index in [1.807, 2.05) is 15.5 Å². The number of hydrogen-bond acceptors (Lipinski definition) is 8. The van der Waals surface area contributed by atoms with E-state index >= 15 is 13.6 Å². The highest BCUT2D eigenvalue weighted by atomic mass is 19.1. The Labute approximate surface area is 369 Å². The first-order valence-electron chi connectivity index (χ1n) is 22.1. The summed E-state index contributed by atoms with van der Waals surface area (Å²) >= 11 is 0. The molecule has 2 bridgehead atoms. The third-order valence-electron chi connectivity index (χ3n) is 14.9. The molecule has 1 amide bonds. The predicted octanol–water partition coefficient (Wildman–Crippen LogP) is 7.19. The molecule has 5 atom stereocenters. The fraction of sp³-hybridized carbons (Fsp3) is 0.375. The molecule has 1 aliphatic carbocycles. The molecule has 0 radical (unpaired) electrons. The summed E-state index contributed by atoms with van der Waals surface area (Å²) in [4.78, 5) is 47.7. The Balaban J connectivity index is 1.03. The number of imidazole rings is 1.